The van der Waals surface area contributed by atoms with Crippen molar-refractivity contribution in [1.82, 2.24) is 0 Å². The van der Waals surface area contributed by atoms with Gasteiger partial charge in [0.25, 0.3) is 0 Å². The largest absolute Gasteiger partial charge is 0.399 e. The summed E-state index contributed by atoms with van der Waals surface area (Å²) in [5, 5.41) is 0. The number of nitrogens with two attached hydrogens (primary N) is 2. The van der Waals surface area contributed by atoms with E-state index in [1.54, 1.807) is 0 Å². The summed E-state index contributed by atoms with van der Waals surface area (Å²) in [4.78, 5) is 9.36. The van der Waals surface area contributed by atoms with Gasteiger partial charge in [0, 0.05) is 37.0 Å². The Hall–Kier alpha value is -3.40. The predicted octanol–water partition coefficient (Wildman–Crippen LogP) is 4.69. The molecule has 4 nitrogen and oxygen atoms in total. The van der Waals surface area contributed by atoms with Gasteiger partial charge in [0.15, 0.2) is 0 Å². The van der Waals surface area contributed by atoms with Crippen LogP contribution in [-0.4, -0.2) is 18.5 Å². The first kappa shape index (κ1) is 18.0. The average Bonchev–Trinajstić information content (AvgIpc) is 3.03. The van der Waals surface area contributed by atoms with Crippen molar-refractivity contribution in [2.75, 3.05) is 18.5 Å². The number of anilines is 2. The second-order valence-corrected chi connectivity index (χ2v) is 7.14. The van der Waals surface area contributed by atoms with Gasteiger partial charge in [-0.1, -0.05) is 48.1 Å². The molecule has 0 spiro atoms. The van der Waals surface area contributed by atoms with Crippen LogP contribution in [0, 0.1) is 0 Å². The summed E-state index contributed by atoms with van der Waals surface area (Å²) in [5.74, 6) is 0. The highest BCUT2D eigenvalue weighted by atomic mass is 14.8. The summed E-state index contributed by atoms with van der Waals surface area (Å²) in [6.45, 7) is 0. The second kappa shape index (κ2) is 7.69. The maximum Gasteiger partial charge on any atom is 0.0632 e. The van der Waals surface area contributed by atoms with Crippen molar-refractivity contribution >= 4 is 22.8 Å². The fourth-order valence-corrected chi connectivity index (χ4v) is 3.54. The van der Waals surface area contributed by atoms with Gasteiger partial charge in [-0.25, -0.2) is 0 Å². The molecule has 0 amide bonds. The monoisotopic (exact) mass is 368 g/mol. The highest BCUT2D eigenvalue weighted by Crippen LogP contribution is 2.31. The Balaban J connectivity index is 1.50. The van der Waals surface area contributed by atoms with E-state index in [1.807, 2.05) is 55.6 Å². The van der Waals surface area contributed by atoms with Crippen LogP contribution in [0.1, 0.15) is 30.4 Å². The number of aliphatic imine (C=N–C) groups is 2. The minimum absolute atomic E-state index is 0.768. The van der Waals surface area contributed by atoms with Crippen LogP contribution in [0.15, 0.2) is 93.6 Å². The standard InChI is InChI=1S/C24H24N4/c1-27-23(17-5-9-20(25)10-6-17)14-16-2-4-19-15-24(28-22(19)13-3-16)18-7-11-21(26)12-8-18/h2,4-13H,3,14-15,25-26H2,1H3/b27-23+. The Morgan fingerprint density at radius 2 is 1.64 bits per heavy atom. The summed E-state index contributed by atoms with van der Waals surface area (Å²) in [7, 11) is 1.85. The molecule has 1 aliphatic heterocycles. The molecule has 1 aliphatic carbocycles. The molecule has 28 heavy (non-hydrogen) atoms. The van der Waals surface area contributed by atoms with E-state index in [-0.39, 0.29) is 0 Å². The van der Waals surface area contributed by atoms with Gasteiger partial charge in [-0.15, -0.1) is 0 Å². The molecule has 0 aromatic heterocycles. The summed E-state index contributed by atoms with van der Waals surface area (Å²) in [6, 6.07) is 15.8. The maximum atomic E-state index is 5.80. The number of nitrogen functional groups attached to an aromatic ring is 2. The summed E-state index contributed by atoms with van der Waals surface area (Å²) >= 11 is 0. The molecule has 2 aliphatic rings. The second-order valence-electron chi connectivity index (χ2n) is 7.14. The zero-order valence-electron chi connectivity index (χ0n) is 16.0. The van der Waals surface area contributed by atoms with E-state index in [0.717, 1.165) is 58.9 Å². The van der Waals surface area contributed by atoms with Crippen molar-refractivity contribution in [2.45, 2.75) is 19.3 Å². The van der Waals surface area contributed by atoms with Crippen LogP contribution in [-0.2, 0) is 0 Å². The van der Waals surface area contributed by atoms with Crippen molar-refractivity contribution < 1.29 is 0 Å². The Morgan fingerprint density at radius 3 is 2.32 bits per heavy atom. The van der Waals surface area contributed by atoms with Crippen molar-refractivity contribution in [3.05, 3.63) is 94.7 Å². The Kier molecular flexibility index (Phi) is 4.94. The molecule has 2 aromatic rings. The van der Waals surface area contributed by atoms with E-state index in [9.17, 15) is 0 Å². The number of benzene rings is 2. The highest BCUT2D eigenvalue weighted by Gasteiger charge is 2.20. The van der Waals surface area contributed by atoms with Gasteiger partial charge >= 0.3 is 0 Å². The minimum atomic E-state index is 0.768. The molecule has 0 bridgehead atoms. The fraction of sp³-hybridized carbons (Fsp3) is 0.167. The molecular formula is C24H24N4. The lowest BCUT2D eigenvalue weighted by atomic mass is 9.99. The quantitative estimate of drug-likeness (QED) is 0.606. The third-order valence-corrected chi connectivity index (χ3v) is 5.17. The predicted molar refractivity (Wildman–Crippen MR) is 119 cm³/mol. The normalized spacial score (nSPS) is 16.5. The molecule has 0 radical (unpaired) electrons. The first-order valence-electron chi connectivity index (χ1n) is 9.46. The van der Waals surface area contributed by atoms with Gasteiger partial charge in [0.05, 0.1) is 11.4 Å². The van der Waals surface area contributed by atoms with Crippen LogP contribution in [0.3, 0.4) is 0 Å². The zero-order valence-corrected chi connectivity index (χ0v) is 16.0. The summed E-state index contributed by atoms with van der Waals surface area (Å²) in [5.41, 5.74) is 21.2. The molecule has 4 N–H and O–H groups in total. The summed E-state index contributed by atoms with van der Waals surface area (Å²) in [6.07, 6.45) is 9.21. The third kappa shape index (κ3) is 3.81. The molecule has 140 valence electrons. The van der Waals surface area contributed by atoms with Gasteiger partial charge in [0.1, 0.15) is 0 Å². The van der Waals surface area contributed by atoms with Gasteiger partial charge < -0.3 is 11.5 Å². The average molecular weight is 368 g/mol. The van der Waals surface area contributed by atoms with Gasteiger partial charge in [-0.2, -0.15) is 0 Å². The lowest BCUT2D eigenvalue weighted by Crippen LogP contribution is -2.03. The first-order chi connectivity index (χ1) is 13.6. The molecule has 0 atom stereocenters. The highest BCUT2D eigenvalue weighted by molar-refractivity contribution is 6.06. The molecule has 4 heteroatoms. The molecule has 1 heterocycles. The Morgan fingerprint density at radius 1 is 0.964 bits per heavy atom. The van der Waals surface area contributed by atoms with E-state index in [4.69, 9.17) is 16.5 Å². The van der Waals surface area contributed by atoms with Crippen LogP contribution in [0.4, 0.5) is 11.4 Å². The lowest BCUT2D eigenvalue weighted by Gasteiger charge is -2.08. The summed E-state index contributed by atoms with van der Waals surface area (Å²) < 4.78 is 0. The van der Waals surface area contributed by atoms with E-state index >= 15 is 0 Å². The van der Waals surface area contributed by atoms with Crippen molar-refractivity contribution in [3.63, 3.8) is 0 Å². The molecule has 0 saturated heterocycles. The van der Waals surface area contributed by atoms with Crippen molar-refractivity contribution in [3.8, 4) is 0 Å². The zero-order chi connectivity index (χ0) is 19.5. The molecule has 0 fully saturated rings. The van der Waals surface area contributed by atoms with Crippen LogP contribution in [0.2, 0.25) is 0 Å². The Bertz CT molecular complexity index is 1030. The first-order valence-corrected chi connectivity index (χ1v) is 9.46. The van der Waals surface area contributed by atoms with Gasteiger partial charge in [0.2, 0.25) is 0 Å². The number of rotatable bonds is 4. The van der Waals surface area contributed by atoms with E-state index in [1.165, 1.54) is 11.1 Å². The maximum absolute atomic E-state index is 5.80. The number of hydrogen-bond donors (Lipinski definition) is 2. The topological polar surface area (TPSA) is 76.8 Å². The molecular weight excluding hydrogens is 344 g/mol. The van der Waals surface area contributed by atoms with Crippen LogP contribution < -0.4 is 11.5 Å². The smallest absolute Gasteiger partial charge is 0.0632 e. The van der Waals surface area contributed by atoms with Crippen molar-refractivity contribution in [2.24, 2.45) is 9.98 Å². The molecule has 0 unspecified atom stereocenters. The van der Waals surface area contributed by atoms with E-state index in [0.29, 0.717) is 0 Å². The van der Waals surface area contributed by atoms with Crippen LogP contribution in [0.5, 0.6) is 0 Å². The van der Waals surface area contributed by atoms with Gasteiger partial charge in [-0.05, 0) is 47.4 Å². The van der Waals surface area contributed by atoms with Crippen LogP contribution in [0.25, 0.3) is 0 Å². The number of fused-ring (bicyclic) bond motifs is 1. The molecule has 4 rings (SSSR count). The number of allylic oxidation sites excluding steroid dienone is 5. The van der Waals surface area contributed by atoms with Crippen molar-refractivity contribution in [1.29, 1.82) is 0 Å². The lowest BCUT2D eigenvalue weighted by molar-refractivity contribution is 1.12. The fourth-order valence-electron chi connectivity index (χ4n) is 3.54. The number of hydrogen-bond acceptors (Lipinski definition) is 4. The van der Waals surface area contributed by atoms with Gasteiger partial charge in [-0.3, -0.25) is 9.98 Å². The molecule has 2 aromatic carbocycles. The molecule has 0 saturated carbocycles. The van der Waals surface area contributed by atoms with Crippen LogP contribution >= 0.6 is 0 Å². The number of nitrogens with zero attached hydrogens (tertiary/aromatic N) is 2. The van der Waals surface area contributed by atoms with E-state index < -0.39 is 0 Å². The Labute approximate surface area is 165 Å². The SMILES string of the molecule is C/N=C(\CC1=CC=C2CC(c3ccc(N)cc3)=NC2=CC1)c1ccc(N)cc1. The minimum Gasteiger partial charge on any atom is -0.399 e. The van der Waals surface area contributed by atoms with E-state index in [2.05, 4.69) is 23.2 Å². The third-order valence-electron chi connectivity index (χ3n) is 5.17.